The maximum Gasteiger partial charge on any atom is 0.235 e. The van der Waals surface area contributed by atoms with E-state index in [1.165, 1.54) is 4.31 Å². The fraction of sp³-hybridized carbons (Fsp3) is 0.455. The molecule has 0 amide bonds. The predicted molar refractivity (Wildman–Crippen MR) is 64.7 cm³/mol. The van der Waals surface area contributed by atoms with Crippen molar-refractivity contribution in [2.45, 2.75) is 19.4 Å². The van der Waals surface area contributed by atoms with Crippen LogP contribution in [-0.2, 0) is 16.6 Å². The maximum atomic E-state index is 11.9. The summed E-state index contributed by atoms with van der Waals surface area (Å²) in [4.78, 5) is 0. The molecule has 0 atom stereocenters. The molecule has 0 saturated carbocycles. The third kappa shape index (κ3) is 2.20. The Bertz CT molecular complexity index is 471. The van der Waals surface area contributed by atoms with Gasteiger partial charge in [-0.3, -0.25) is 4.31 Å². The molecule has 1 saturated heterocycles. The first-order valence-corrected chi connectivity index (χ1v) is 7.04. The number of nitrogens with zero attached hydrogens (tertiary/aromatic N) is 1. The minimum Gasteiger partial charge on any atom is -0.326 e. The van der Waals surface area contributed by atoms with Crippen molar-refractivity contribution in [1.82, 2.24) is 0 Å². The van der Waals surface area contributed by atoms with Gasteiger partial charge in [0, 0.05) is 13.1 Å². The second-order valence-electron chi connectivity index (χ2n) is 3.97. The molecule has 1 aliphatic rings. The Morgan fingerprint density at radius 1 is 1.31 bits per heavy atom. The Morgan fingerprint density at radius 3 is 2.81 bits per heavy atom. The summed E-state index contributed by atoms with van der Waals surface area (Å²) in [6, 6.07) is 7.42. The first kappa shape index (κ1) is 11.4. The molecule has 4 nitrogen and oxygen atoms in total. The number of hydrogen-bond donors (Lipinski definition) is 1. The van der Waals surface area contributed by atoms with Crippen LogP contribution in [0.3, 0.4) is 0 Å². The van der Waals surface area contributed by atoms with Crippen molar-refractivity contribution in [2.75, 3.05) is 16.6 Å². The minimum absolute atomic E-state index is 0.250. The summed E-state index contributed by atoms with van der Waals surface area (Å²) in [5, 5.41) is 0. The van der Waals surface area contributed by atoms with Gasteiger partial charge in [0.1, 0.15) is 0 Å². The van der Waals surface area contributed by atoms with E-state index in [-0.39, 0.29) is 5.75 Å². The van der Waals surface area contributed by atoms with Gasteiger partial charge in [0.05, 0.1) is 11.4 Å². The molecule has 1 aliphatic heterocycles. The first-order valence-electron chi connectivity index (χ1n) is 5.43. The molecular formula is C11H16N2O2S. The van der Waals surface area contributed by atoms with Gasteiger partial charge < -0.3 is 5.73 Å². The second kappa shape index (κ2) is 4.43. The number of benzene rings is 1. The Hall–Kier alpha value is -1.07. The van der Waals surface area contributed by atoms with Gasteiger partial charge in [0.2, 0.25) is 10.0 Å². The zero-order valence-electron chi connectivity index (χ0n) is 9.09. The Labute approximate surface area is 96.1 Å². The van der Waals surface area contributed by atoms with E-state index in [4.69, 9.17) is 5.73 Å². The van der Waals surface area contributed by atoms with Gasteiger partial charge in [-0.25, -0.2) is 8.42 Å². The zero-order valence-corrected chi connectivity index (χ0v) is 9.91. The lowest BCUT2D eigenvalue weighted by Crippen LogP contribution is -2.37. The standard InChI is InChI=1S/C11H16N2O2S/c12-9-10-4-3-5-11(8-10)13-6-1-2-7-16(13,14)15/h3-5,8H,1-2,6-7,9,12H2. The molecule has 0 unspecified atom stereocenters. The fourth-order valence-electron chi connectivity index (χ4n) is 1.92. The molecule has 5 heteroatoms. The van der Waals surface area contributed by atoms with Crippen LogP contribution < -0.4 is 10.0 Å². The lowest BCUT2D eigenvalue weighted by molar-refractivity contribution is 0.574. The zero-order chi connectivity index (χ0) is 11.6. The van der Waals surface area contributed by atoms with Crippen molar-refractivity contribution in [3.63, 3.8) is 0 Å². The molecule has 2 N–H and O–H groups in total. The summed E-state index contributed by atoms with van der Waals surface area (Å²) < 4.78 is 25.2. The summed E-state index contributed by atoms with van der Waals surface area (Å²) in [6.45, 7) is 1.01. The third-order valence-corrected chi connectivity index (χ3v) is 4.65. The van der Waals surface area contributed by atoms with Crippen LogP contribution in [-0.4, -0.2) is 20.7 Å². The molecule has 0 aliphatic carbocycles. The second-order valence-corrected chi connectivity index (χ2v) is 5.98. The average Bonchev–Trinajstić information content (AvgIpc) is 2.28. The van der Waals surface area contributed by atoms with Crippen LogP contribution in [0.2, 0.25) is 0 Å². The minimum atomic E-state index is -3.11. The van der Waals surface area contributed by atoms with E-state index in [1.54, 1.807) is 0 Å². The van der Waals surface area contributed by atoms with E-state index in [1.807, 2.05) is 24.3 Å². The largest absolute Gasteiger partial charge is 0.326 e. The monoisotopic (exact) mass is 240 g/mol. The SMILES string of the molecule is NCc1cccc(N2CCCCS2(=O)=O)c1. The molecule has 0 aromatic heterocycles. The topological polar surface area (TPSA) is 63.4 Å². The first-order chi connectivity index (χ1) is 7.63. The van der Waals surface area contributed by atoms with E-state index in [0.717, 1.165) is 24.1 Å². The van der Waals surface area contributed by atoms with Gasteiger partial charge in [-0.2, -0.15) is 0 Å². The van der Waals surface area contributed by atoms with Gasteiger partial charge in [-0.1, -0.05) is 12.1 Å². The highest BCUT2D eigenvalue weighted by molar-refractivity contribution is 7.92. The number of anilines is 1. The Balaban J connectivity index is 2.35. The normalized spacial score (nSPS) is 19.7. The smallest absolute Gasteiger partial charge is 0.235 e. The van der Waals surface area contributed by atoms with Crippen molar-refractivity contribution in [3.8, 4) is 0 Å². The number of hydrogen-bond acceptors (Lipinski definition) is 3. The quantitative estimate of drug-likeness (QED) is 0.841. The highest BCUT2D eigenvalue weighted by Crippen LogP contribution is 2.24. The van der Waals surface area contributed by atoms with Crippen molar-refractivity contribution in [1.29, 1.82) is 0 Å². The Morgan fingerprint density at radius 2 is 2.12 bits per heavy atom. The summed E-state index contributed by atoms with van der Waals surface area (Å²) in [5.74, 6) is 0.250. The highest BCUT2D eigenvalue weighted by atomic mass is 32.2. The van der Waals surface area contributed by atoms with Crippen LogP contribution in [0.5, 0.6) is 0 Å². The van der Waals surface area contributed by atoms with E-state index in [2.05, 4.69) is 0 Å². The number of nitrogens with two attached hydrogens (primary N) is 1. The lowest BCUT2D eigenvalue weighted by atomic mass is 10.2. The fourth-order valence-corrected chi connectivity index (χ4v) is 3.55. The van der Waals surface area contributed by atoms with Crippen LogP contribution in [0.4, 0.5) is 5.69 Å². The van der Waals surface area contributed by atoms with Gasteiger partial charge in [-0.05, 0) is 30.5 Å². The number of rotatable bonds is 2. The lowest BCUT2D eigenvalue weighted by Gasteiger charge is -2.28. The van der Waals surface area contributed by atoms with Crippen LogP contribution in [0.25, 0.3) is 0 Å². The van der Waals surface area contributed by atoms with Crippen LogP contribution in [0, 0.1) is 0 Å². The summed E-state index contributed by atoms with van der Waals surface area (Å²) in [7, 11) is -3.11. The van der Waals surface area contributed by atoms with Crippen molar-refractivity contribution >= 4 is 15.7 Å². The van der Waals surface area contributed by atoms with Crippen molar-refractivity contribution in [2.24, 2.45) is 5.73 Å². The summed E-state index contributed by atoms with van der Waals surface area (Å²) in [5.41, 5.74) is 7.24. The molecule has 1 aromatic rings. The maximum absolute atomic E-state index is 11.9. The summed E-state index contributed by atoms with van der Waals surface area (Å²) >= 11 is 0. The third-order valence-electron chi connectivity index (χ3n) is 2.78. The van der Waals surface area contributed by atoms with Crippen molar-refractivity contribution < 1.29 is 8.42 Å². The van der Waals surface area contributed by atoms with Crippen LogP contribution in [0.1, 0.15) is 18.4 Å². The molecule has 2 rings (SSSR count). The van der Waals surface area contributed by atoms with Gasteiger partial charge >= 0.3 is 0 Å². The van der Waals surface area contributed by atoms with E-state index in [0.29, 0.717) is 13.1 Å². The van der Waals surface area contributed by atoms with Crippen LogP contribution in [0.15, 0.2) is 24.3 Å². The van der Waals surface area contributed by atoms with E-state index >= 15 is 0 Å². The van der Waals surface area contributed by atoms with E-state index in [9.17, 15) is 8.42 Å². The molecule has 0 spiro atoms. The Kier molecular flexibility index (Phi) is 3.16. The molecule has 0 radical (unpaired) electrons. The van der Waals surface area contributed by atoms with Crippen LogP contribution >= 0.6 is 0 Å². The molecule has 16 heavy (non-hydrogen) atoms. The highest BCUT2D eigenvalue weighted by Gasteiger charge is 2.25. The summed E-state index contributed by atoms with van der Waals surface area (Å²) in [6.07, 6.45) is 1.68. The predicted octanol–water partition coefficient (Wildman–Crippen LogP) is 1.08. The van der Waals surface area contributed by atoms with E-state index < -0.39 is 10.0 Å². The van der Waals surface area contributed by atoms with Gasteiger partial charge in [0.25, 0.3) is 0 Å². The average molecular weight is 240 g/mol. The molecule has 0 bridgehead atoms. The molecule has 1 aromatic carbocycles. The molecule has 88 valence electrons. The van der Waals surface area contributed by atoms with Gasteiger partial charge in [0.15, 0.2) is 0 Å². The molecule has 1 fully saturated rings. The molecule has 1 heterocycles. The molecular weight excluding hydrogens is 224 g/mol. The van der Waals surface area contributed by atoms with Crippen molar-refractivity contribution in [3.05, 3.63) is 29.8 Å². The van der Waals surface area contributed by atoms with Gasteiger partial charge in [-0.15, -0.1) is 0 Å². The number of sulfonamides is 1.